The minimum absolute atomic E-state index is 0.326. The maximum atomic E-state index is 13.5. The van der Waals surface area contributed by atoms with Crippen molar-refractivity contribution in [2.45, 2.75) is 32.9 Å². The lowest BCUT2D eigenvalue weighted by Gasteiger charge is -2.21. The van der Waals surface area contributed by atoms with Crippen molar-refractivity contribution < 1.29 is 14.4 Å². The number of carbonyl (C=O) groups is 3. The molecule has 1 unspecified atom stereocenters. The summed E-state index contributed by atoms with van der Waals surface area (Å²) >= 11 is 0. The van der Waals surface area contributed by atoms with Gasteiger partial charge in [-0.05, 0) is 44.0 Å². The summed E-state index contributed by atoms with van der Waals surface area (Å²) in [7, 11) is 0. The molecule has 8 nitrogen and oxygen atoms in total. The predicted octanol–water partition coefficient (Wildman–Crippen LogP) is 4.52. The Morgan fingerprint density at radius 1 is 0.973 bits per heavy atom. The average Bonchev–Trinajstić information content (AvgIpc) is 3.41. The second-order valence-electron chi connectivity index (χ2n) is 9.51. The second kappa shape index (κ2) is 9.39. The fourth-order valence-corrected chi connectivity index (χ4v) is 4.33. The summed E-state index contributed by atoms with van der Waals surface area (Å²) in [5.41, 5.74) is 5.05. The lowest BCUT2D eigenvalue weighted by Crippen LogP contribution is -2.40. The van der Waals surface area contributed by atoms with Crippen LogP contribution in [0.4, 0.5) is 10.5 Å². The smallest absolute Gasteiger partial charge is 0.322 e. The molecular formula is C29H27N5O3. The summed E-state index contributed by atoms with van der Waals surface area (Å²) in [4.78, 5) is 37.6. The molecule has 1 atom stereocenters. The van der Waals surface area contributed by atoms with Gasteiger partial charge in [-0.15, -0.1) is 0 Å². The molecule has 1 aromatic heterocycles. The van der Waals surface area contributed by atoms with E-state index in [9.17, 15) is 14.4 Å². The third kappa shape index (κ3) is 4.86. The second-order valence-corrected chi connectivity index (χ2v) is 9.51. The molecule has 8 heteroatoms. The van der Waals surface area contributed by atoms with Crippen molar-refractivity contribution in [3.8, 4) is 11.3 Å². The van der Waals surface area contributed by atoms with Crippen LogP contribution in [0, 0.1) is 13.8 Å². The van der Waals surface area contributed by atoms with Crippen LogP contribution in [0.15, 0.2) is 79.0 Å². The molecule has 186 valence electrons. The molecule has 3 aromatic carbocycles. The summed E-state index contributed by atoms with van der Waals surface area (Å²) in [5, 5.41) is 12.6. The minimum atomic E-state index is -1.22. The zero-order valence-corrected chi connectivity index (χ0v) is 20.8. The van der Waals surface area contributed by atoms with Crippen LogP contribution in [-0.2, 0) is 16.9 Å². The molecule has 4 aromatic rings. The monoisotopic (exact) mass is 493 g/mol. The molecule has 1 aliphatic rings. The Bertz CT molecular complexity index is 1510. The molecule has 3 N–H and O–H groups in total. The number of rotatable bonds is 6. The molecule has 0 saturated carbocycles. The molecule has 2 heterocycles. The van der Waals surface area contributed by atoms with Crippen LogP contribution in [0.3, 0.4) is 0 Å². The number of hydrogen-bond donors (Lipinski definition) is 3. The molecule has 0 spiro atoms. The van der Waals surface area contributed by atoms with Crippen LogP contribution in [0.25, 0.3) is 11.3 Å². The van der Waals surface area contributed by atoms with Crippen LogP contribution >= 0.6 is 0 Å². The number of amides is 4. The van der Waals surface area contributed by atoms with Crippen LogP contribution in [0.2, 0.25) is 0 Å². The van der Waals surface area contributed by atoms with Crippen molar-refractivity contribution >= 4 is 23.5 Å². The minimum Gasteiger partial charge on any atom is -0.322 e. The van der Waals surface area contributed by atoms with E-state index in [4.69, 9.17) is 5.10 Å². The van der Waals surface area contributed by atoms with Gasteiger partial charge in [0.05, 0.1) is 12.1 Å². The van der Waals surface area contributed by atoms with E-state index in [0.29, 0.717) is 29.1 Å². The highest BCUT2D eigenvalue weighted by Crippen LogP contribution is 2.28. The molecule has 5 rings (SSSR count). The summed E-state index contributed by atoms with van der Waals surface area (Å²) in [5.74, 6) is -0.770. The number of aromatic nitrogens is 2. The van der Waals surface area contributed by atoms with E-state index in [0.717, 1.165) is 16.7 Å². The number of anilines is 1. The quantitative estimate of drug-likeness (QED) is 0.344. The van der Waals surface area contributed by atoms with Gasteiger partial charge in [-0.1, -0.05) is 71.8 Å². The molecule has 0 aliphatic carbocycles. The molecular weight excluding hydrogens is 466 g/mol. The maximum absolute atomic E-state index is 13.5. The molecule has 37 heavy (non-hydrogen) atoms. The maximum Gasteiger partial charge on any atom is 0.322 e. The first-order valence-electron chi connectivity index (χ1n) is 12.0. The zero-order chi connectivity index (χ0) is 26.2. The van der Waals surface area contributed by atoms with E-state index in [1.807, 2.05) is 62.4 Å². The fourth-order valence-electron chi connectivity index (χ4n) is 4.33. The zero-order valence-electron chi connectivity index (χ0n) is 20.8. The van der Waals surface area contributed by atoms with Gasteiger partial charge in [0.2, 0.25) is 0 Å². The first-order chi connectivity index (χ1) is 17.7. The Hall–Kier alpha value is -4.72. The third-order valence-corrected chi connectivity index (χ3v) is 6.54. The van der Waals surface area contributed by atoms with E-state index in [-0.39, 0.29) is 5.91 Å². The van der Waals surface area contributed by atoms with E-state index >= 15 is 0 Å². The Labute approximate surface area is 214 Å². The Kier molecular flexibility index (Phi) is 6.09. The SMILES string of the molecule is Cc1ccc(Cn2cc(C(=O)Nc3cccc(C4(C)NC(=O)NC4=O)c3)c(-c3ccc(C)cc3)n2)cc1. The van der Waals surface area contributed by atoms with E-state index in [1.54, 1.807) is 42.1 Å². The highest BCUT2D eigenvalue weighted by molar-refractivity contribution is 6.09. The topological polar surface area (TPSA) is 105 Å². The molecule has 1 fully saturated rings. The molecule has 0 bridgehead atoms. The number of benzene rings is 3. The summed E-state index contributed by atoms with van der Waals surface area (Å²) in [6.07, 6.45) is 1.75. The largest absolute Gasteiger partial charge is 0.322 e. The first-order valence-corrected chi connectivity index (χ1v) is 12.0. The summed E-state index contributed by atoms with van der Waals surface area (Å²) < 4.78 is 1.77. The lowest BCUT2D eigenvalue weighted by atomic mass is 9.92. The van der Waals surface area contributed by atoms with Crippen molar-refractivity contribution in [2.24, 2.45) is 0 Å². The number of carbonyl (C=O) groups excluding carboxylic acids is 3. The molecule has 0 radical (unpaired) electrons. The van der Waals surface area contributed by atoms with Crippen molar-refractivity contribution in [3.63, 3.8) is 0 Å². The Morgan fingerprint density at radius 2 is 1.65 bits per heavy atom. The first kappa shape index (κ1) is 24.0. The third-order valence-electron chi connectivity index (χ3n) is 6.54. The molecule has 4 amide bonds. The van der Waals surface area contributed by atoms with Gasteiger partial charge in [0, 0.05) is 17.4 Å². The Morgan fingerprint density at radius 3 is 2.30 bits per heavy atom. The normalized spacial score (nSPS) is 16.8. The van der Waals surface area contributed by atoms with Crippen molar-refractivity contribution in [1.29, 1.82) is 0 Å². The Balaban J connectivity index is 1.46. The van der Waals surface area contributed by atoms with Crippen molar-refractivity contribution in [3.05, 3.63) is 107 Å². The predicted molar refractivity (Wildman–Crippen MR) is 141 cm³/mol. The molecule has 1 saturated heterocycles. The molecule has 1 aliphatic heterocycles. The van der Waals surface area contributed by atoms with E-state index < -0.39 is 17.5 Å². The average molecular weight is 494 g/mol. The number of aryl methyl sites for hydroxylation is 2. The van der Waals surface area contributed by atoms with Crippen molar-refractivity contribution in [2.75, 3.05) is 5.32 Å². The van der Waals surface area contributed by atoms with E-state index in [2.05, 4.69) is 16.0 Å². The lowest BCUT2D eigenvalue weighted by molar-refractivity contribution is -0.123. The van der Waals surface area contributed by atoms with Gasteiger partial charge >= 0.3 is 6.03 Å². The number of hydrogen-bond acceptors (Lipinski definition) is 4. The van der Waals surface area contributed by atoms with Gasteiger partial charge in [-0.2, -0.15) is 5.10 Å². The highest BCUT2D eigenvalue weighted by atomic mass is 16.2. The summed E-state index contributed by atoms with van der Waals surface area (Å²) in [6, 6.07) is 22.4. The number of urea groups is 1. The van der Waals surface area contributed by atoms with Crippen LogP contribution in [0.1, 0.15) is 39.5 Å². The number of nitrogens with zero attached hydrogens (tertiary/aromatic N) is 2. The summed E-state index contributed by atoms with van der Waals surface area (Å²) in [6.45, 7) is 6.19. The van der Waals surface area contributed by atoms with E-state index in [1.165, 1.54) is 5.56 Å². The van der Waals surface area contributed by atoms with Gasteiger partial charge < -0.3 is 10.6 Å². The van der Waals surface area contributed by atoms with Crippen molar-refractivity contribution in [1.82, 2.24) is 20.4 Å². The van der Waals surface area contributed by atoms with Crippen LogP contribution in [0.5, 0.6) is 0 Å². The fraction of sp³-hybridized carbons (Fsp3) is 0.172. The number of imide groups is 1. The number of nitrogens with one attached hydrogen (secondary N) is 3. The standard InChI is InChI=1S/C29H27N5O3/c1-18-7-11-20(12-8-18)16-34-17-24(25(33-34)21-13-9-19(2)10-14-21)26(35)30-23-6-4-5-22(15-23)29(3)27(36)31-28(37)32-29/h4-15,17H,16H2,1-3H3,(H,30,35)(H2,31,32,36,37). The van der Waals surface area contributed by atoms with Crippen LogP contribution < -0.4 is 16.0 Å². The van der Waals surface area contributed by atoms with Gasteiger partial charge in [0.1, 0.15) is 11.2 Å². The highest BCUT2D eigenvalue weighted by Gasteiger charge is 2.43. The van der Waals surface area contributed by atoms with Gasteiger partial charge in [-0.3, -0.25) is 19.6 Å². The van der Waals surface area contributed by atoms with Gasteiger partial charge in [-0.25, -0.2) is 4.79 Å². The van der Waals surface area contributed by atoms with Gasteiger partial charge in [0.25, 0.3) is 11.8 Å². The van der Waals surface area contributed by atoms with Crippen LogP contribution in [-0.4, -0.2) is 27.6 Å². The van der Waals surface area contributed by atoms with Gasteiger partial charge in [0.15, 0.2) is 0 Å².